The Labute approximate surface area is 161 Å². The largest absolute Gasteiger partial charge is 0.294 e. The minimum Gasteiger partial charge on any atom is -0.294 e. The Morgan fingerprint density at radius 2 is 1.88 bits per heavy atom. The average Bonchev–Trinajstić information content (AvgIpc) is 3.06. The number of benzene rings is 3. The first kappa shape index (κ1) is 17.0. The van der Waals surface area contributed by atoms with E-state index in [-0.39, 0.29) is 5.78 Å². The Morgan fingerprint density at radius 3 is 2.69 bits per heavy atom. The highest BCUT2D eigenvalue weighted by Crippen LogP contribution is 2.30. The van der Waals surface area contributed by atoms with Gasteiger partial charge in [0.05, 0.1) is 15.2 Å². The highest BCUT2D eigenvalue weighted by molar-refractivity contribution is 7.21. The van der Waals surface area contributed by atoms with E-state index in [0.29, 0.717) is 17.0 Å². The summed E-state index contributed by atoms with van der Waals surface area (Å²) >= 11 is 7.89. The Hall–Kier alpha value is -2.49. The van der Waals surface area contributed by atoms with E-state index >= 15 is 0 Å². The molecule has 0 N–H and O–H groups in total. The Kier molecular flexibility index (Phi) is 4.58. The molecule has 4 aromatic rings. The molecule has 4 rings (SSSR count). The summed E-state index contributed by atoms with van der Waals surface area (Å²) in [7, 11) is 0. The molecule has 2 nitrogen and oxygen atoms in total. The molecule has 0 radical (unpaired) electrons. The van der Waals surface area contributed by atoms with Crippen molar-refractivity contribution in [1.29, 1.82) is 0 Å². The minimum absolute atomic E-state index is 0.0245. The molecule has 0 atom stereocenters. The first-order valence-corrected chi connectivity index (χ1v) is 9.54. The highest BCUT2D eigenvalue weighted by atomic mass is 35.5. The van der Waals surface area contributed by atoms with Crippen LogP contribution in [-0.2, 0) is 6.42 Å². The van der Waals surface area contributed by atoms with Crippen LogP contribution >= 0.6 is 22.9 Å². The van der Waals surface area contributed by atoms with E-state index in [4.69, 9.17) is 16.6 Å². The Bertz CT molecular complexity index is 1080. The number of para-hydroxylation sites is 1. The number of carbonyl (C=O) groups excluding carboxylic acids is 1. The predicted octanol–water partition coefficient (Wildman–Crippen LogP) is 6.35. The summed E-state index contributed by atoms with van der Waals surface area (Å²) in [6.45, 7) is 1.96. The number of aromatic nitrogens is 1. The minimum atomic E-state index is 0.0245. The molecule has 0 aliphatic rings. The quantitative estimate of drug-likeness (QED) is 0.388. The van der Waals surface area contributed by atoms with E-state index in [1.165, 1.54) is 0 Å². The van der Waals surface area contributed by atoms with Gasteiger partial charge < -0.3 is 0 Å². The molecule has 0 bridgehead atoms. The van der Waals surface area contributed by atoms with Gasteiger partial charge in [0.1, 0.15) is 5.01 Å². The Balaban J connectivity index is 1.62. The number of fused-ring (bicyclic) bond motifs is 1. The topological polar surface area (TPSA) is 30.0 Å². The third-order valence-electron chi connectivity index (χ3n) is 4.26. The van der Waals surface area contributed by atoms with Crippen LogP contribution in [-0.4, -0.2) is 10.8 Å². The SMILES string of the molecule is Cc1ccc(C(=O)Cc2cccc(-c3nc4ccccc4s3)c2)c(Cl)c1. The molecule has 0 aliphatic heterocycles. The lowest BCUT2D eigenvalue weighted by Crippen LogP contribution is -2.04. The zero-order chi connectivity index (χ0) is 18.1. The van der Waals surface area contributed by atoms with Gasteiger partial charge in [-0.15, -0.1) is 11.3 Å². The summed E-state index contributed by atoms with van der Waals surface area (Å²) in [6.07, 6.45) is 0.321. The van der Waals surface area contributed by atoms with Crippen molar-refractivity contribution in [2.45, 2.75) is 13.3 Å². The van der Waals surface area contributed by atoms with Crippen molar-refractivity contribution in [2.75, 3.05) is 0 Å². The molecule has 4 heteroatoms. The van der Waals surface area contributed by atoms with Gasteiger partial charge >= 0.3 is 0 Å². The molecule has 0 fully saturated rings. The second-order valence-corrected chi connectivity index (χ2v) is 7.71. The molecule has 0 unspecified atom stereocenters. The van der Waals surface area contributed by atoms with Gasteiger partial charge in [-0.05, 0) is 48.4 Å². The second-order valence-electron chi connectivity index (χ2n) is 6.27. The van der Waals surface area contributed by atoms with Gasteiger partial charge in [-0.2, -0.15) is 0 Å². The van der Waals surface area contributed by atoms with Crippen LogP contribution in [0.4, 0.5) is 0 Å². The van der Waals surface area contributed by atoms with Gasteiger partial charge in [0.2, 0.25) is 0 Å². The van der Waals surface area contributed by atoms with E-state index in [1.807, 2.05) is 61.5 Å². The fourth-order valence-corrected chi connectivity index (χ4v) is 4.24. The van der Waals surface area contributed by atoms with E-state index in [2.05, 4.69) is 6.07 Å². The number of thiazole rings is 1. The Morgan fingerprint density at radius 1 is 1.04 bits per heavy atom. The van der Waals surface area contributed by atoms with Gasteiger partial charge in [0.25, 0.3) is 0 Å². The lowest BCUT2D eigenvalue weighted by molar-refractivity contribution is 0.0993. The van der Waals surface area contributed by atoms with Gasteiger partial charge in [-0.1, -0.05) is 48.0 Å². The van der Waals surface area contributed by atoms with Crippen LogP contribution in [0.1, 0.15) is 21.5 Å². The number of Topliss-reactive ketones (excluding diaryl/α,β-unsaturated/α-hetero) is 1. The van der Waals surface area contributed by atoms with Crippen molar-refractivity contribution in [1.82, 2.24) is 4.98 Å². The summed E-state index contributed by atoms with van der Waals surface area (Å²) in [5.41, 5.74) is 4.61. The molecule has 0 amide bonds. The maximum absolute atomic E-state index is 12.6. The standard InChI is InChI=1S/C22H16ClNOS/c1-14-9-10-17(18(23)11-14)20(25)13-15-5-4-6-16(12-15)22-24-19-7-2-3-8-21(19)26-22/h2-12H,13H2,1H3. The van der Waals surface area contributed by atoms with Crippen LogP contribution in [0.5, 0.6) is 0 Å². The lowest BCUT2D eigenvalue weighted by Gasteiger charge is -2.06. The van der Waals surface area contributed by atoms with E-state index in [9.17, 15) is 4.79 Å². The number of halogens is 1. The molecule has 26 heavy (non-hydrogen) atoms. The maximum atomic E-state index is 12.6. The summed E-state index contributed by atoms with van der Waals surface area (Å²) in [6, 6.07) is 21.7. The van der Waals surface area contributed by atoms with Crippen LogP contribution in [0.15, 0.2) is 66.7 Å². The van der Waals surface area contributed by atoms with Crippen molar-refractivity contribution < 1.29 is 4.79 Å². The smallest absolute Gasteiger partial charge is 0.168 e. The zero-order valence-corrected chi connectivity index (χ0v) is 15.8. The highest BCUT2D eigenvalue weighted by Gasteiger charge is 2.13. The van der Waals surface area contributed by atoms with E-state index in [0.717, 1.165) is 31.9 Å². The first-order valence-electron chi connectivity index (χ1n) is 8.34. The number of hydrogen-bond donors (Lipinski definition) is 0. The number of rotatable bonds is 4. The molecule has 1 aromatic heterocycles. The number of carbonyl (C=O) groups is 1. The molecular formula is C22H16ClNOS. The molecule has 0 saturated heterocycles. The molecule has 0 saturated carbocycles. The monoisotopic (exact) mass is 377 g/mol. The summed E-state index contributed by atoms with van der Waals surface area (Å²) < 4.78 is 1.16. The number of aryl methyl sites for hydroxylation is 1. The summed E-state index contributed by atoms with van der Waals surface area (Å²) in [4.78, 5) is 17.3. The third-order valence-corrected chi connectivity index (χ3v) is 5.66. The van der Waals surface area contributed by atoms with Crippen molar-refractivity contribution in [3.05, 3.63) is 88.4 Å². The van der Waals surface area contributed by atoms with Crippen LogP contribution in [0.25, 0.3) is 20.8 Å². The first-order chi connectivity index (χ1) is 12.6. The van der Waals surface area contributed by atoms with Crippen LogP contribution in [0.2, 0.25) is 5.02 Å². The molecule has 128 valence electrons. The maximum Gasteiger partial charge on any atom is 0.168 e. The predicted molar refractivity (Wildman–Crippen MR) is 109 cm³/mol. The normalized spacial score (nSPS) is 11.0. The van der Waals surface area contributed by atoms with Gasteiger partial charge in [0, 0.05) is 17.5 Å². The van der Waals surface area contributed by atoms with Gasteiger partial charge in [-0.3, -0.25) is 4.79 Å². The second kappa shape index (κ2) is 7.02. The lowest BCUT2D eigenvalue weighted by atomic mass is 10.0. The zero-order valence-electron chi connectivity index (χ0n) is 14.2. The van der Waals surface area contributed by atoms with E-state index < -0.39 is 0 Å². The van der Waals surface area contributed by atoms with Crippen molar-refractivity contribution in [2.24, 2.45) is 0 Å². The van der Waals surface area contributed by atoms with Crippen LogP contribution < -0.4 is 0 Å². The fourth-order valence-electron chi connectivity index (χ4n) is 2.94. The van der Waals surface area contributed by atoms with Crippen molar-refractivity contribution in [3.63, 3.8) is 0 Å². The number of ketones is 1. The van der Waals surface area contributed by atoms with Gasteiger partial charge in [0.15, 0.2) is 5.78 Å². The third kappa shape index (κ3) is 3.41. The molecule has 0 aliphatic carbocycles. The average molecular weight is 378 g/mol. The summed E-state index contributed by atoms with van der Waals surface area (Å²) in [5.74, 6) is 0.0245. The van der Waals surface area contributed by atoms with E-state index in [1.54, 1.807) is 17.4 Å². The number of hydrogen-bond acceptors (Lipinski definition) is 3. The summed E-state index contributed by atoms with van der Waals surface area (Å²) in [5, 5.41) is 1.48. The van der Waals surface area contributed by atoms with Crippen LogP contribution in [0, 0.1) is 6.92 Å². The van der Waals surface area contributed by atoms with Crippen molar-refractivity contribution >= 4 is 38.9 Å². The molecule has 0 spiro atoms. The fraction of sp³-hybridized carbons (Fsp3) is 0.0909. The van der Waals surface area contributed by atoms with Gasteiger partial charge in [-0.25, -0.2) is 4.98 Å². The van der Waals surface area contributed by atoms with Crippen molar-refractivity contribution in [3.8, 4) is 10.6 Å². The van der Waals surface area contributed by atoms with Crippen LogP contribution in [0.3, 0.4) is 0 Å². The molecule has 3 aromatic carbocycles. The molecular weight excluding hydrogens is 362 g/mol. The number of nitrogens with zero attached hydrogens (tertiary/aromatic N) is 1. The molecule has 1 heterocycles.